The molecule has 2 aromatic rings. The Kier molecular flexibility index (Phi) is 5.58. The van der Waals surface area contributed by atoms with E-state index in [1.165, 1.54) is 7.11 Å². The van der Waals surface area contributed by atoms with Crippen molar-refractivity contribution >= 4 is 0 Å². The van der Waals surface area contributed by atoms with Crippen LogP contribution in [0, 0.1) is 5.82 Å². The molecule has 1 unspecified atom stereocenters. The highest BCUT2D eigenvalue weighted by atomic mass is 19.1. The van der Waals surface area contributed by atoms with Crippen molar-refractivity contribution in [2.24, 2.45) is 0 Å². The number of halogens is 1. The summed E-state index contributed by atoms with van der Waals surface area (Å²) < 4.78 is 24.4. The summed E-state index contributed by atoms with van der Waals surface area (Å²) in [6.07, 6.45) is 0.0162. The molecule has 0 aliphatic rings. The van der Waals surface area contributed by atoms with Gasteiger partial charge in [0.25, 0.3) is 0 Å². The topological polar surface area (TPSA) is 38.7 Å². The van der Waals surface area contributed by atoms with Gasteiger partial charge in [0.05, 0.1) is 19.8 Å². The lowest BCUT2D eigenvalue weighted by Gasteiger charge is -2.13. The molecule has 0 aromatic heterocycles. The Morgan fingerprint density at radius 3 is 2.57 bits per heavy atom. The van der Waals surface area contributed by atoms with Crippen LogP contribution in [0.5, 0.6) is 11.5 Å². The van der Waals surface area contributed by atoms with Crippen LogP contribution in [0.2, 0.25) is 0 Å². The van der Waals surface area contributed by atoms with E-state index in [1.54, 1.807) is 18.2 Å². The third kappa shape index (κ3) is 4.46. The zero-order valence-corrected chi connectivity index (χ0v) is 12.0. The molecule has 0 saturated carbocycles. The van der Waals surface area contributed by atoms with Gasteiger partial charge in [-0.05, 0) is 23.8 Å². The fraction of sp³-hybridized carbons (Fsp3) is 0.294. The molecule has 3 nitrogen and oxygen atoms in total. The molecule has 0 bridgehead atoms. The highest BCUT2D eigenvalue weighted by Crippen LogP contribution is 2.21. The van der Waals surface area contributed by atoms with Gasteiger partial charge in [-0.1, -0.05) is 30.3 Å². The molecule has 0 aliphatic carbocycles. The Balaban J connectivity index is 1.83. The molecule has 112 valence electrons. The largest absolute Gasteiger partial charge is 0.494 e. The molecule has 0 fully saturated rings. The zero-order valence-electron chi connectivity index (χ0n) is 12.0. The number of aliphatic hydroxyl groups is 1. The number of benzene rings is 2. The van der Waals surface area contributed by atoms with Gasteiger partial charge in [0.15, 0.2) is 11.6 Å². The average molecular weight is 290 g/mol. The highest BCUT2D eigenvalue weighted by molar-refractivity contribution is 5.31. The first-order valence-electron chi connectivity index (χ1n) is 6.88. The van der Waals surface area contributed by atoms with Gasteiger partial charge in [-0.25, -0.2) is 4.39 Å². The van der Waals surface area contributed by atoms with Crippen LogP contribution in [-0.2, 0) is 6.42 Å². The van der Waals surface area contributed by atoms with Gasteiger partial charge in [0.2, 0.25) is 0 Å². The van der Waals surface area contributed by atoms with E-state index >= 15 is 0 Å². The van der Waals surface area contributed by atoms with Crippen molar-refractivity contribution in [3.05, 3.63) is 59.9 Å². The summed E-state index contributed by atoms with van der Waals surface area (Å²) in [6, 6.07) is 14.3. The van der Waals surface area contributed by atoms with Crippen LogP contribution in [0.25, 0.3) is 0 Å². The third-order valence-electron chi connectivity index (χ3n) is 3.18. The van der Waals surface area contributed by atoms with Crippen LogP contribution in [0.1, 0.15) is 12.0 Å². The predicted molar refractivity (Wildman–Crippen MR) is 79.2 cm³/mol. The molecule has 0 saturated heterocycles. The molecule has 0 aliphatic heterocycles. The summed E-state index contributed by atoms with van der Waals surface area (Å²) in [7, 11) is 1.42. The standard InChI is InChI=1S/C17H19FO3/c1-20-16-9-5-6-13(17(16)18)12-14(19)10-11-21-15-7-3-2-4-8-15/h2-9,14,19H,10-12H2,1H3. The van der Waals surface area contributed by atoms with Gasteiger partial charge in [-0.3, -0.25) is 0 Å². The molecule has 0 spiro atoms. The van der Waals surface area contributed by atoms with E-state index in [0.29, 0.717) is 18.6 Å². The minimum absolute atomic E-state index is 0.195. The normalized spacial score (nSPS) is 12.0. The van der Waals surface area contributed by atoms with Crippen molar-refractivity contribution < 1.29 is 19.0 Å². The van der Waals surface area contributed by atoms with E-state index in [1.807, 2.05) is 30.3 Å². The quantitative estimate of drug-likeness (QED) is 0.851. The van der Waals surface area contributed by atoms with Crippen LogP contribution in [0.3, 0.4) is 0 Å². The molecular formula is C17H19FO3. The number of aliphatic hydroxyl groups excluding tert-OH is 1. The van der Waals surface area contributed by atoms with E-state index in [2.05, 4.69) is 0 Å². The third-order valence-corrected chi connectivity index (χ3v) is 3.18. The Morgan fingerprint density at radius 1 is 1.10 bits per heavy atom. The van der Waals surface area contributed by atoms with Crippen LogP contribution in [0.15, 0.2) is 48.5 Å². The van der Waals surface area contributed by atoms with Crippen molar-refractivity contribution in [3.63, 3.8) is 0 Å². The highest BCUT2D eigenvalue weighted by Gasteiger charge is 2.13. The zero-order chi connectivity index (χ0) is 15.1. The van der Waals surface area contributed by atoms with Gasteiger partial charge in [-0.2, -0.15) is 0 Å². The lowest BCUT2D eigenvalue weighted by Crippen LogP contribution is -2.15. The maximum Gasteiger partial charge on any atom is 0.168 e. The maximum absolute atomic E-state index is 14.0. The molecule has 0 radical (unpaired) electrons. The molecule has 1 atom stereocenters. The predicted octanol–water partition coefficient (Wildman–Crippen LogP) is 3.21. The van der Waals surface area contributed by atoms with Crippen molar-refractivity contribution in [2.75, 3.05) is 13.7 Å². The first kappa shape index (κ1) is 15.3. The summed E-state index contributed by atoms with van der Waals surface area (Å²) in [6.45, 7) is 0.386. The van der Waals surface area contributed by atoms with Crippen LogP contribution in [-0.4, -0.2) is 24.9 Å². The average Bonchev–Trinajstić information content (AvgIpc) is 2.50. The Bertz CT molecular complexity index is 557. The molecule has 0 heterocycles. The van der Waals surface area contributed by atoms with Gasteiger partial charge >= 0.3 is 0 Å². The van der Waals surface area contributed by atoms with E-state index in [9.17, 15) is 9.50 Å². The maximum atomic E-state index is 14.0. The Hall–Kier alpha value is -2.07. The molecule has 4 heteroatoms. The van der Waals surface area contributed by atoms with Crippen molar-refractivity contribution in [2.45, 2.75) is 18.9 Å². The van der Waals surface area contributed by atoms with Crippen molar-refractivity contribution in [1.29, 1.82) is 0 Å². The second kappa shape index (κ2) is 7.64. The fourth-order valence-corrected chi connectivity index (χ4v) is 2.06. The number of hydrogen-bond donors (Lipinski definition) is 1. The summed E-state index contributed by atoms with van der Waals surface area (Å²) in [5.74, 6) is 0.542. The Labute approximate surface area is 124 Å². The van der Waals surface area contributed by atoms with Gasteiger partial charge in [-0.15, -0.1) is 0 Å². The summed E-state index contributed by atoms with van der Waals surface area (Å²) in [5, 5.41) is 9.98. The van der Waals surface area contributed by atoms with Gasteiger partial charge < -0.3 is 14.6 Å². The van der Waals surface area contributed by atoms with Crippen molar-refractivity contribution in [1.82, 2.24) is 0 Å². The second-order valence-electron chi connectivity index (χ2n) is 4.74. The Morgan fingerprint density at radius 2 is 1.86 bits per heavy atom. The number of methoxy groups -OCH3 is 1. The summed E-state index contributed by atoms with van der Waals surface area (Å²) in [5.41, 5.74) is 0.446. The second-order valence-corrected chi connectivity index (χ2v) is 4.74. The lowest BCUT2D eigenvalue weighted by atomic mass is 10.0. The number of ether oxygens (including phenoxy) is 2. The minimum Gasteiger partial charge on any atom is -0.494 e. The molecule has 1 N–H and O–H groups in total. The first-order chi connectivity index (χ1) is 10.2. The SMILES string of the molecule is COc1cccc(CC(O)CCOc2ccccc2)c1F. The monoisotopic (exact) mass is 290 g/mol. The molecule has 0 amide bonds. The fourth-order valence-electron chi connectivity index (χ4n) is 2.06. The summed E-state index contributed by atoms with van der Waals surface area (Å²) >= 11 is 0. The van der Waals surface area contributed by atoms with E-state index < -0.39 is 11.9 Å². The number of hydrogen-bond acceptors (Lipinski definition) is 3. The van der Waals surface area contributed by atoms with Gasteiger partial charge in [0.1, 0.15) is 5.75 Å². The number of rotatable bonds is 7. The smallest absolute Gasteiger partial charge is 0.168 e. The van der Waals surface area contributed by atoms with Crippen LogP contribution < -0.4 is 9.47 Å². The first-order valence-corrected chi connectivity index (χ1v) is 6.88. The van der Waals surface area contributed by atoms with E-state index in [0.717, 1.165) is 5.75 Å². The van der Waals surface area contributed by atoms with Crippen molar-refractivity contribution in [3.8, 4) is 11.5 Å². The number of para-hydroxylation sites is 1. The molecule has 21 heavy (non-hydrogen) atoms. The van der Waals surface area contributed by atoms with Gasteiger partial charge in [0, 0.05) is 12.8 Å². The van der Waals surface area contributed by atoms with Crippen LogP contribution >= 0.6 is 0 Å². The lowest BCUT2D eigenvalue weighted by molar-refractivity contribution is 0.138. The van der Waals surface area contributed by atoms with Crippen LogP contribution in [0.4, 0.5) is 4.39 Å². The molecular weight excluding hydrogens is 271 g/mol. The molecule has 2 aromatic carbocycles. The molecule has 2 rings (SSSR count). The van der Waals surface area contributed by atoms with E-state index in [4.69, 9.17) is 9.47 Å². The summed E-state index contributed by atoms with van der Waals surface area (Å²) in [4.78, 5) is 0. The van der Waals surface area contributed by atoms with E-state index in [-0.39, 0.29) is 12.2 Å². The minimum atomic E-state index is -0.657.